The molecule has 1 amide bonds. The van der Waals surface area contributed by atoms with Gasteiger partial charge in [-0.3, -0.25) is 4.79 Å². The highest BCUT2D eigenvalue weighted by atomic mass is 16.5. The first-order chi connectivity index (χ1) is 12.6. The third-order valence-corrected chi connectivity index (χ3v) is 4.79. The lowest BCUT2D eigenvalue weighted by Crippen LogP contribution is -2.37. The van der Waals surface area contributed by atoms with Crippen molar-refractivity contribution >= 4 is 11.9 Å². The minimum absolute atomic E-state index is 0.145. The Morgan fingerprint density at radius 1 is 1.00 bits per heavy atom. The van der Waals surface area contributed by atoms with Crippen LogP contribution in [0.4, 0.5) is 0 Å². The number of hydrogen-bond acceptors (Lipinski definition) is 3. The van der Waals surface area contributed by atoms with E-state index in [1.807, 2.05) is 6.07 Å². The van der Waals surface area contributed by atoms with Crippen LogP contribution in [0.25, 0.3) is 0 Å². The Morgan fingerprint density at radius 2 is 1.73 bits per heavy atom. The predicted molar refractivity (Wildman–Crippen MR) is 98.5 cm³/mol. The molecule has 0 radical (unpaired) electrons. The van der Waals surface area contributed by atoms with Crippen LogP contribution in [0.5, 0.6) is 5.75 Å². The molecule has 5 nitrogen and oxygen atoms in total. The maximum absolute atomic E-state index is 12.5. The summed E-state index contributed by atoms with van der Waals surface area (Å²) < 4.78 is 5.13. The number of rotatable bonds is 6. The van der Waals surface area contributed by atoms with Crippen molar-refractivity contribution in [2.24, 2.45) is 0 Å². The molecule has 0 saturated heterocycles. The lowest BCUT2D eigenvalue weighted by atomic mass is 9.82. The number of aliphatic carboxylic acids is 1. The van der Waals surface area contributed by atoms with Crippen LogP contribution in [0.15, 0.2) is 54.6 Å². The second kappa shape index (κ2) is 8.52. The molecule has 0 unspecified atom stereocenters. The van der Waals surface area contributed by atoms with E-state index in [1.165, 1.54) is 5.56 Å². The minimum Gasteiger partial charge on any atom is -0.482 e. The van der Waals surface area contributed by atoms with Gasteiger partial charge < -0.3 is 15.2 Å². The van der Waals surface area contributed by atoms with Crippen LogP contribution in [0, 0.1) is 0 Å². The second-order valence-electron chi connectivity index (χ2n) is 6.64. The van der Waals surface area contributed by atoms with Crippen molar-refractivity contribution in [3.63, 3.8) is 0 Å². The van der Waals surface area contributed by atoms with Crippen LogP contribution in [0.1, 0.15) is 47.5 Å². The first kappa shape index (κ1) is 18.0. The average Bonchev–Trinajstić information content (AvgIpc) is 2.68. The quantitative estimate of drug-likeness (QED) is 0.832. The fourth-order valence-corrected chi connectivity index (χ4v) is 3.44. The van der Waals surface area contributed by atoms with Crippen molar-refractivity contribution in [1.29, 1.82) is 0 Å². The number of amides is 1. The number of nitrogens with one attached hydrogen (secondary N) is 1. The van der Waals surface area contributed by atoms with Gasteiger partial charge in [0.2, 0.25) is 0 Å². The molecule has 1 saturated carbocycles. The van der Waals surface area contributed by atoms with Gasteiger partial charge in [0.05, 0.1) is 0 Å². The fraction of sp³-hybridized carbons (Fsp3) is 0.333. The maximum atomic E-state index is 12.5. The molecule has 0 aromatic heterocycles. The number of hydrogen-bond donors (Lipinski definition) is 2. The predicted octanol–water partition coefficient (Wildman–Crippen LogP) is 3.61. The van der Waals surface area contributed by atoms with E-state index in [1.54, 1.807) is 24.3 Å². The number of carboxylic acid groups (broad SMARTS) is 1. The van der Waals surface area contributed by atoms with Crippen LogP contribution in [0.2, 0.25) is 0 Å². The summed E-state index contributed by atoms with van der Waals surface area (Å²) in [5, 5.41) is 11.8. The topological polar surface area (TPSA) is 75.6 Å². The van der Waals surface area contributed by atoms with Gasteiger partial charge >= 0.3 is 5.97 Å². The summed E-state index contributed by atoms with van der Waals surface area (Å²) in [6.45, 7) is -0.422. The Bertz CT molecular complexity index is 752. The molecule has 3 rings (SSSR count). The molecule has 2 aromatic carbocycles. The monoisotopic (exact) mass is 353 g/mol. The molecule has 1 aliphatic rings. The first-order valence-corrected chi connectivity index (χ1v) is 8.92. The van der Waals surface area contributed by atoms with E-state index in [4.69, 9.17) is 9.84 Å². The molecule has 0 heterocycles. The van der Waals surface area contributed by atoms with Crippen molar-refractivity contribution < 1.29 is 19.4 Å². The standard InChI is InChI=1S/C21H23NO4/c23-20(24)14-26-19-8-4-7-17(13-19)21(25)22-18-11-9-16(10-12-18)15-5-2-1-3-6-15/h1-8,13,16,18H,9-12,14H2,(H,22,25)(H,23,24). The van der Waals surface area contributed by atoms with Gasteiger partial charge in [-0.2, -0.15) is 0 Å². The molecule has 1 fully saturated rings. The van der Waals surface area contributed by atoms with Gasteiger partial charge in [0.1, 0.15) is 5.75 Å². The Balaban J connectivity index is 1.53. The summed E-state index contributed by atoms with van der Waals surface area (Å²) in [4.78, 5) is 23.1. The van der Waals surface area contributed by atoms with Gasteiger partial charge in [-0.15, -0.1) is 0 Å². The zero-order valence-electron chi connectivity index (χ0n) is 14.6. The third kappa shape index (κ3) is 4.85. The Hall–Kier alpha value is -2.82. The van der Waals surface area contributed by atoms with Crippen LogP contribution in [-0.2, 0) is 4.79 Å². The summed E-state index contributed by atoms with van der Waals surface area (Å²) in [5.74, 6) is -0.242. The van der Waals surface area contributed by atoms with Crippen molar-refractivity contribution in [2.45, 2.75) is 37.6 Å². The molecule has 1 aliphatic carbocycles. The van der Waals surface area contributed by atoms with Gasteiger partial charge in [0, 0.05) is 11.6 Å². The smallest absolute Gasteiger partial charge is 0.341 e. The molecule has 2 N–H and O–H groups in total. The molecule has 0 aliphatic heterocycles. The minimum atomic E-state index is -1.05. The van der Waals surface area contributed by atoms with Gasteiger partial charge in [-0.05, 0) is 55.4 Å². The molecule has 136 valence electrons. The van der Waals surface area contributed by atoms with Crippen LogP contribution in [0.3, 0.4) is 0 Å². The van der Waals surface area contributed by atoms with E-state index < -0.39 is 12.6 Å². The highest BCUT2D eigenvalue weighted by Gasteiger charge is 2.23. The maximum Gasteiger partial charge on any atom is 0.341 e. The molecule has 0 bridgehead atoms. The van der Waals surface area contributed by atoms with Crippen molar-refractivity contribution in [3.05, 3.63) is 65.7 Å². The SMILES string of the molecule is O=C(O)COc1cccc(C(=O)NC2CCC(c3ccccc3)CC2)c1. The Morgan fingerprint density at radius 3 is 2.42 bits per heavy atom. The summed E-state index contributed by atoms with van der Waals surface area (Å²) in [6, 6.07) is 17.3. The highest BCUT2D eigenvalue weighted by Crippen LogP contribution is 2.32. The number of ether oxygens (including phenoxy) is 1. The lowest BCUT2D eigenvalue weighted by Gasteiger charge is -2.29. The third-order valence-electron chi connectivity index (χ3n) is 4.79. The van der Waals surface area contributed by atoms with E-state index in [-0.39, 0.29) is 11.9 Å². The highest BCUT2D eigenvalue weighted by molar-refractivity contribution is 5.94. The zero-order chi connectivity index (χ0) is 18.4. The van der Waals surface area contributed by atoms with Crippen LogP contribution >= 0.6 is 0 Å². The van der Waals surface area contributed by atoms with E-state index in [9.17, 15) is 9.59 Å². The first-order valence-electron chi connectivity index (χ1n) is 8.92. The van der Waals surface area contributed by atoms with E-state index in [0.717, 1.165) is 25.7 Å². The lowest BCUT2D eigenvalue weighted by molar-refractivity contribution is -0.139. The fourth-order valence-electron chi connectivity index (χ4n) is 3.44. The molecule has 2 aromatic rings. The van der Waals surface area contributed by atoms with Crippen molar-refractivity contribution in [3.8, 4) is 5.75 Å². The van der Waals surface area contributed by atoms with Crippen molar-refractivity contribution in [2.75, 3.05) is 6.61 Å². The second-order valence-corrected chi connectivity index (χ2v) is 6.64. The number of carboxylic acids is 1. The largest absolute Gasteiger partial charge is 0.482 e. The van der Waals surface area contributed by atoms with Gasteiger partial charge in [-0.25, -0.2) is 4.79 Å². The molecule has 26 heavy (non-hydrogen) atoms. The van der Waals surface area contributed by atoms with Gasteiger partial charge in [0.25, 0.3) is 5.91 Å². The zero-order valence-corrected chi connectivity index (χ0v) is 14.6. The van der Waals surface area contributed by atoms with Gasteiger partial charge in [0.15, 0.2) is 6.61 Å². The number of carbonyl (C=O) groups is 2. The Labute approximate surface area is 153 Å². The van der Waals surface area contributed by atoms with E-state index in [0.29, 0.717) is 17.2 Å². The summed E-state index contributed by atoms with van der Waals surface area (Å²) in [7, 11) is 0. The van der Waals surface area contributed by atoms with E-state index in [2.05, 4.69) is 29.6 Å². The number of benzene rings is 2. The van der Waals surface area contributed by atoms with E-state index >= 15 is 0 Å². The van der Waals surface area contributed by atoms with Gasteiger partial charge in [-0.1, -0.05) is 36.4 Å². The summed E-state index contributed by atoms with van der Waals surface area (Å²) in [6.07, 6.45) is 4.05. The average molecular weight is 353 g/mol. The van der Waals surface area contributed by atoms with Crippen molar-refractivity contribution in [1.82, 2.24) is 5.32 Å². The van der Waals surface area contributed by atoms with Crippen LogP contribution in [-0.4, -0.2) is 29.6 Å². The molecule has 0 spiro atoms. The molecule has 0 atom stereocenters. The normalized spacial score (nSPS) is 19.5. The number of carbonyl (C=O) groups excluding carboxylic acids is 1. The van der Waals surface area contributed by atoms with Crippen LogP contribution < -0.4 is 10.1 Å². The Kier molecular flexibility index (Phi) is 5.89. The summed E-state index contributed by atoms with van der Waals surface area (Å²) in [5.41, 5.74) is 1.86. The molecular weight excluding hydrogens is 330 g/mol. The molecular formula is C21H23NO4. The molecule has 5 heteroatoms. The summed E-state index contributed by atoms with van der Waals surface area (Å²) >= 11 is 0.